The van der Waals surface area contributed by atoms with Gasteiger partial charge in [-0.25, -0.2) is 8.42 Å². The molecule has 0 radical (unpaired) electrons. The highest BCUT2D eigenvalue weighted by Gasteiger charge is 2.15. The zero-order chi connectivity index (χ0) is 18.3. The summed E-state index contributed by atoms with van der Waals surface area (Å²) in [6, 6.07) is 12.4. The zero-order valence-corrected chi connectivity index (χ0v) is 14.5. The summed E-state index contributed by atoms with van der Waals surface area (Å²) in [6.45, 7) is -0.350. The van der Waals surface area contributed by atoms with Gasteiger partial charge in [0.15, 0.2) is 6.61 Å². The fraction of sp³-hybridized carbons (Fsp3) is 0.188. The van der Waals surface area contributed by atoms with E-state index in [2.05, 4.69) is 5.43 Å². The molecule has 0 aromatic heterocycles. The molecule has 9 heteroatoms. The van der Waals surface area contributed by atoms with E-state index in [0.717, 1.165) is 0 Å². The summed E-state index contributed by atoms with van der Waals surface area (Å²) < 4.78 is 39.3. The lowest BCUT2D eigenvalue weighted by atomic mass is 10.3. The van der Waals surface area contributed by atoms with Crippen LogP contribution in [0.5, 0.6) is 17.2 Å². The van der Waals surface area contributed by atoms with Crippen molar-refractivity contribution in [3.05, 3.63) is 48.5 Å². The van der Waals surface area contributed by atoms with Crippen molar-refractivity contribution in [1.29, 1.82) is 0 Å². The summed E-state index contributed by atoms with van der Waals surface area (Å²) in [5.41, 5.74) is 2.08. The van der Waals surface area contributed by atoms with Gasteiger partial charge in [0, 0.05) is 0 Å². The molecular weight excluding hydrogens is 348 g/mol. The number of methoxy groups -OCH3 is 2. The normalized spacial score (nSPS) is 10.8. The van der Waals surface area contributed by atoms with Crippen LogP contribution in [-0.4, -0.2) is 35.2 Å². The number of carbonyl (C=O) groups excluding carboxylic acids is 1. The summed E-state index contributed by atoms with van der Waals surface area (Å²) in [6.07, 6.45) is 0. The summed E-state index contributed by atoms with van der Waals surface area (Å²) >= 11 is 0. The first-order chi connectivity index (χ1) is 11.9. The topological polar surface area (TPSA) is 103 Å². The monoisotopic (exact) mass is 366 g/mol. The first kappa shape index (κ1) is 18.6. The van der Waals surface area contributed by atoms with Crippen molar-refractivity contribution < 1.29 is 27.4 Å². The lowest BCUT2D eigenvalue weighted by Crippen LogP contribution is -2.43. The van der Waals surface area contributed by atoms with Gasteiger partial charge in [0.25, 0.3) is 15.9 Å². The third kappa shape index (κ3) is 5.37. The van der Waals surface area contributed by atoms with Crippen molar-refractivity contribution in [3.63, 3.8) is 0 Å². The maximum absolute atomic E-state index is 12.1. The average molecular weight is 366 g/mol. The highest BCUT2D eigenvalue weighted by molar-refractivity contribution is 7.89. The van der Waals surface area contributed by atoms with E-state index in [1.165, 1.54) is 38.5 Å². The van der Waals surface area contributed by atoms with Gasteiger partial charge in [-0.2, -0.15) is 0 Å². The van der Waals surface area contributed by atoms with Gasteiger partial charge >= 0.3 is 0 Å². The van der Waals surface area contributed by atoms with Gasteiger partial charge in [-0.05, 0) is 48.5 Å². The summed E-state index contributed by atoms with van der Waals surface area (Å²) in [7, 11) is -0.865. The maximum Gasteiger partial charge on any atom is 0.272 e. The van der Waals surface area contributed by atoms with Gasteiger partial charge in [0.05, 0.1) is 19.1 Å². The Balaban J connectivity index is 1.85. The molecule has 134 valence electrons. The van der Waals surface area contributed by atoms with Gasteiger partial charge in [-0.15, -0.1) is 4.83 Å². The minimum Gasteiger partial charge on any atom is -0.497 e. The molecule has 0 aliphatic rings. The summed E-state index contributed by atoms with van der Waals surface area (Å²) in [5, 5.41) is 0. The van der Waals surface area contributed by atoms with Crippen molar-refractivity contribution >= 4 is 15.9 Å². The summed E-state index contributed by atoms with van der Waals surface area (Å²) in [4.78, 5) is 13.7. The number of hydrogen-bond acceptors (Lipinski definition) is 6. The fourth-order valence-corrected chi connectivity index (χ4v) is 2.66. The Morgan fingerprint density at radius 2 is 1.36 bits per heavy atom. The second-order valence-electron chi connectivity index (χ2n) is 4.79. The zero-order valence-electron chi connectivity index (χ0n) is 13.7. The standard InChI is InChI=1S/C16H18N2O6S/c1-22-12-3-5-14(6-4-12)24-11-16(19)17-18-25(20,21)15-9-7-13(23-2)8-10-15/h3-10,18H,11H2,1-2H3,(H,17,19). The van der Waals surface area contributed by atoms with Gasteiger partial charge in [-0.3, -0.25) is 10.2 Å². The predicted molar refractivity (Wildman–Crippen MR) is 89.9 cm³/mol. The number of nitrogens with one attached hydrogen (secondary N) is 2. The SMILES string of the molecule is COc1ccc(OCC(=O)NNS(=O)(=O)c2ccc(OC)cc2)cc1. The lowest BCUT2D eigenvalue weighted by Gasteiger charge is -2.10. The average Bonchev–Trinajstić information content (AvgIpc) is 2.65. The lowest BCUT2D eigenvalue weighted by molar-refractivity contribution is -0.123. The molecule has 0 aliphatic heterocycles. The van der Waals surface area contributed by atoms with Crippen molar-refractivity contribution in [2.24, 2.45) is 0 Å². The number of amides is 1. The molecule has 25 heavy (non-hydrogen) atoms. The number of hydrogen-bond donors (Lipinski definition) is 2. The Labute approximate surface area is 145 Å². The molecule has 0 bridgehead atoms. The number of hydrazine groups is 1. The molecular formula is C16H18N2O6S. The first-order valence-corrected chi connectivity index (χ1v) is 8.64. The molecule has 2 rings (SSSR count). The van der Waals surface area contributed by atoms with E-state index >= 15 is 0 Å². The molecule has 8 nitrogen and oxygen atoms in total. The number of rotatable bonds is 8. The molecule has 0 atom stereocenters. The third-order valence-electron chi connectivity index (χ3n) is 3.12. The fourth-order valence-electron chi connectivity index (χ4n) is 1.79. The summed E-state index contributed by atoms with van der Waals surface area (Å²) in [5.74, 6) is 0.988. The van der Waals surface area contributed by atoms with Crippen LogP contribution in [0.15, 0.2) is 53.4 Å². The van der Waals surface area contributed by atoms with E-state index in [4.69, 9.17) is 14.2 Å². The number of sulfonamides is 1. The molecule has 0 fully saturated rings. The molecule has 0 saturated heterocycles. The van der Waals surface area contributed by atoms with Crippen molar-refractivity contribution in [3.8, 4) is 17.2 Å². The van der Waals surface area contributed by atoms with Gasteiger partial charge in [0.2, 0.25) is 0 Å². The highest BCUT2D eigenvalue weighted by Crippen LogP contribution is 2.17. The number of benzene rings is 2. The predicted octanol–water partition coefficient (Wildman–Crippen LogP) is 1.09. The van der Waals surface area contributed by atoms with Crippen molar-refractivity contribution in [2.45, 2.75) is 4.90 Å². The van der Waals surface area contributed by atoms with Crippen LogP contribution < -0.4 is 24.5 Å². The largest absolute Gasteiger partial charge is 0.497 e. The van der Waals surface area contributed by atoms with Gasteiger partial charge < -0.3 is 14.2 Å². The van der Waals surface area contributed by atoms with E-state index in [1.807, 2.05) is 4.83 Å². The van der Waals surface area contributed by atoms with Crippen LogP contribution in [0.4, 0.5) is 0 Å². The van der Waals surface area contributed by atoms with Crippen LogP contribution in [0.2, 0.25) is 0 Å². The van der Waals surface area contributed by atoms with Crippen molar-refractivity contribution in [1.82, 2.24) is 10.3 Å². The van der Waals surface area contributed by atoms with E-state index in [-0.39, 0.29) is 11.5 Å². The van der Waals surface area contributed by atoms with E-state index in [9.17, 15) is 13.2 Å². The van der Waals surface area contributed by atoms with Crippen LogP contribution in [0.25, 0.3) is 0 Å². The molecule has 2 N–H and O–H groups in total. The van der Waals surface area contributed by atoms with E-state index < -0.39 is 15.9 Å². The highest BCUT2D eigenvalue weighted by atomic mass is 32.2. The third-order valence-corrected chi connectivity index (χ3v) is 4.39. The van der Waals surface area contributed by atoms with Crippen molar-refractivity contribution in [2.75, 3.05) is 20.8 Å². The second-order valence-corrected chi connectivity index (χ2v) is 6.48. The Morgan fingerprint density at radius 3 is 1.88 bits per heavy atom. The minimum absolute atomic E-state index is 0.00956. The van der Waals surface area contributed by atoms with Crippen LogP contribution in [0, 0.1) is 0 Å². The first-order valence-electron chi connectivity index (χ1n) is 7.16. The van der Waals surface area contributed by atoms with Crippen LogP contribution in [0.1, 0.15) is 0 Å². The van der Waals surface area contributed by atoms with Crippen LogP contribution in [-0.2, 0) is 14.8 Å². The molecule has 0 heterocycles. The minimum atomic E-state index is -3.88. The molecule has 2 aromatic rings. The van der Waals surface area contributed by atoms with Gasteiger partial charge in [-0.1, -0.05) is 0 Å². The molecule has 1 amide bonds. The molecule has 0 aliphatic carbocycles. The molecule has 0 unspecified atom stereocenters. The quantitative estimate of drug-likeness (QED) is 0.678. The second kappa shape index (κ2) is 8.36. The number of carbonyl (C=O) groups is 1. The maximum atomic E-state index is 12.1. The molecule has 0 spiro atoms. The Bertz CT molecular complexity index is 804. The van der Waals surface area contributed by atoms with E-state index in [1.54, 1.807) is 24.3 Å². The Hall–Kier alpha value is -2.78. The molecule has 0 saturated carbocycles. The Morgan fingerprint density at radius 1 is 0.880 bits per heavy atom. The van der Waals surface area contributed by atoms with Crippen LogP contribution >= 0.6 is 0 Å². The smallest absolute Gasteiger partial charge is 0.272 e. The Kier molecular flexibility index (Phi) is 6.20. The van der Waals surface area contributed by atoms with E-state index in [0.29, 0.717) is 17.2 Å². The van der Waals surface area contributed by atoms with Gasteiger partial charge in [0.1, 0.15) is 17.2 Å². The van der Waals surface area contributed by atoms with Crippen LogP contribution in [0.3, 0.4) is 0 Å². The molecule has 2 aromatic carbocycles. The number of ether oxygens (including phenoxy) is 3.